The van der Waals surface area contributed by atoms with Crippen molar-refractivity contribution in [3.05, 3.63) is 34.7 Å². The third-order valence-electron chi connectivity index (χ3n) is 5.02. The number of hydrogen-bond acceptors (Lipinski definition) is 4. The lowest BCUT2D eigenvalue weighted by atomic mass is 10.1. The van der Waals surface area contributed by atoms with E-state index in [-0.39, 0.29) is 0 Å². The molecule has 2 saturated heterocycles. The van der Waals surface area contributed by atoms with Gasteiger partial charge in [0, 0.05) is 48.3 Å². The molecule has 0 amide bonds. The summed E-state index contributed by atoms with van der Waals surface area (Å²) in [5.74, 6) is 0. The number of hydrogen-bond donors (Lipinski definition) is 1. The summed E-state index contributed by atoms with van der Waals surface area (Å²) in [7, 11) is 0. The quantitative estimate of drug-likeness (QED) is 0.946. The Morgan fingerprint density at radius 2 is 2.10 bits per heavy atom. The van der Waals surface area contributed by atoms with Gasteiger partial charge in [-0.3, -0.25) is 9.80 Å². The van der Waals surface area contributed by atoms with Gasteiger partial charge in [0.1, 0.15) is 0 Å². The van der Waals surface area contributed by atoms with E-state index < -0.39 is 0 Å². The maximum Gasteiger partial charge on any atom is 0.0349 e. The summed E-state index contributed by atoms with van der Waals surface area (Å²) >= 11 is 1.87. The summed E-state index contributed by atoms with van der Waals surface area (Å²) in [5, 5.41) is 1.41. The van der Waals surface area contributed by atoms with Gasteiger partial charge in [0.05, 0.1) is 0 Å². The van der Waals surface area contributed by atoms with E-state index in [0.717, 1.165) is 12.6 Å². The highest BCUT2D eigenvalue weighted by molar-refractivity contribution is 7.19. The predicted molar refractivity (Wildman–Crippen MR) is 89.6 cm³/mol. The molecule has 21 heavy (non-hydrogen) atoms. The number of thiophene rings is 1. The molecule has 1 unspecified atom stereocenters. The van der Waals surface area contributed by atoms with Crippen molar-refractivity contribution in [1.82, 2.24) is 9.80 Å². The van der Waals surface area contributed by atoms with Crippen LogP contribution >= 0.6 is 11.3 Å². The second kappa shape index (κ2) is 5.69. The maximum atomic E-state index is 5.99. The molecule has 1 aromatic heterocycles. The number of fused-ring (bicyclic) bond motifs is 2. The molecule has 0 radical (unpaired) electrons. The van der Waals surface area contributed by atoms with Crippen molar-refractivity contribution in [3.8, 4) is 0 Å². The lowest BCUT2D eigenvalue weighted by Crippen LogP contribution is -2.49. The third-order valence-corrected chi connectivity index (χ3v) is 6.26. The van der Waals surface area contributed by atoms with E-state index in [1.165, 1.54) is 59.5 Å². The SMILES string of the molecule is NCc1sc2ccccc2c1CN1CCN2CCCC2C1. The Morgan fingerprint density at radius 3 is 3.00 bits per heavy atom. The molecular formula is C17H23N3S. The Labute approximate surface area is 130 Å². The van der Waals surface area contributed by atoms with Crippen molar-refractivity contribution < 1.29 is 0 Å². The number of nitrogens with zero attached hydrogens (tertiary/aromatic N) is 2. The first-order valence-corrected chi connectivity index (χ1v) is 8.82. The van der Waals surface area contributed by atoms with E-state index in [0.29, 0.717) is 6.54 Å². The van der Waals surface area contributed by atoms with Crippen LogP contribution in [0.4, 0.5) is 0 Å². The smallest absolute Gasteiger partial charge is 0.0349 e. The molecule has 4 heteroatoms. The molecule has 112 valence electrons. The first-order chi connectivity index (χ1) is 10.3. The number of nitrogens with two attached hydrogens (primary N) is 1. The minimum Gasteiger partial charge on any atom is -0.326 e. The molecule has 2 aliphatic rings. The molecule has 0 saturated carbocycles. The second-order valence-electron chi connectivity index (χ2n) is 6.27. The predicted octanol–water partition coefficient (Wildman–Crippen LogP) is 2.64. The van der Waals surface area contributed by atoms with E-state index in [2.05, 4.69) is 34.1 Å². The van der Waals surface area contributed by atoms with Crippen molar-refractivity contribution in [2.75, 3.05) is 26.2 Å². The van der Waals surface area contributed by atoms with E-state index in [1.807, 2.05) is 11.3 Å². The van der Waals surface area contributed by atoms with Crippen LogP contribution in [-0.4, -0.2) is 42.0 Å². The van der Waals surface area contributed by atoms with Gasteiger partial charge in [-0.1, -0.05) is 18.2 Å². The molecule has 3 heterocycles. The van der Waals surface area contributed by atoms with Crippen LogP contribution in [-0.2, 0) is 13.1 Å². The molecule has 0 spiro atoms. The molecule has 1 aromatic carbocycles. The monoisotopic (exact) mass is 301 g/mol. The van der Waals surface area contributed by atoms with Crippen LogP contribution < -0.4 is 5.73 Å². The Kier molecular flexibility index (Phi) is 3.71. The fraction of sp³-hybridized carbons (Fsp3) is 0.529. The maximum absolute atomic E-state index is 5.99. The van der Waals surface area contributed by atoms with Crippen LogP contribution in [0.25, 0.3) is 10.1 Å². The normalized spacial score (nSPS) is 23.8. The average molecular weight is 301 g/mol. The van der Waals surface area contributed by atoms with Crippen LogP contribution in [0.2, 0.25) is 0 Å². The van der Waals surface area contributed by atoms with E-state index in [1.54, 1.807) is 0 Å². The number of benzene rings is 1. The highest BCUT2D eigenvalue weighted by atomic mass is 32.1. The molecule has 4 rings (SSSR count). The molecule has 0 bridgehead atoms. The van der Waals surface area contributed by atoms with Gasteiger partial charge in [0.2, 0.25) is 0 Å². The second-order valence-corrected chi connectivity index (χ2v) is 7.41. The molecule has 1 atom stereocenters. The van der Waals surface area contributed by atoms with Gasteiger partial charge in [-0.05, 0) is 36.4 Å². The Hall–Kier alpha value is -0.940. The summed E-state index contributed by atoms with van der Waals surface area (Å²) in [6, 6.07) is 9.54. The summed E-state index contributed by atoms with van der Waals surface area (Å²) < 4.78 is 1.38. The molecule has 2 N–H and O–H groups in total. The van der Waals surface area contributed by atoms with E-state index >= 15 is 0 Å². The van der Waals surface area contributed by atoms with Crippen molar-refractivity contribution >= 4 is 21.4 Å². The first-order valence-electron chi connectivity index (χ1n) is 8.01. The first kappa shape index (κ1) is 13.7. The molecular weight excluding hydrogens is 278 g/mol. The van der Waals surface area contributed by atoms with E-state index in [4.69, 9.17) is 5.73 Å². The molecule has 2 aromatic rings. The highest BCUT2D eigenvalue weighted by Crippen LogP contribution is 2.33. The van der Waals surface area contributed by atoms with E-state index in [9.17, 15) is 0 Å². The molecule has 2 fully saturated rings. The van der Waals surface area contributed by atoms with Crippen molar-refractivity contribution in [2.45, 2.75) is 32.0 Å². The average Bonchev–Trinajstić information content (AvgIpc) is 3.11. The standard InChI is InChI=1S/C17H23N3S/c18-10-17-15(14-5-1-2-6-16(14)21-17)12-19-8-9-20-7-3-4-13(20)11-19/h1-2,5-6,13H,3-4,7-12,18H2. The summed E-state index contributed by atoms with van der Waals surface area (Å²) in [4.78, 5) is 6.68. The lowest BCUT2D eigenvalue weighted by Gasteiger charge is -2.37. The Balaban J connectivity index is 1.59. The van der Waals surface area contributed by atoms with Crippen molar-refractivity contribution in [1.29, 1.82) is 0 Å². The highest BCUT2D eigenvalue weighted by Gasteiger charge is 2.30. The summed E-state index contributed by atoms with van der Waals surface area (Å²) in [5.41, 5.74) is 7.47. The third kappa shape index (κ3) is 2.50. The van der Waals surface area contributed by atoms with Gasteiger partial charge in [0.15, 0.2) is 0 Å². The zero-order chi connectivity index (χ0) is 14.2. The van der Waals surface area contributed by atoms with Gasteiger partial charge >= 0.3 is 0 Å². The summed E-state index contributed by atoms with van der Waals surface area (Å²) in [6.45, 7) is 6.72. The number of rotatable bonds is 3. The minimum atomic E-state index is 0.665. The van der Waals surface area contributed by atoms with Gasteiger partial charge in [-0.15, -0.1) is 11.3 Å². The van der Waals surface area contributed by atoms with Crippen LogP contribution in [0, 0.1) is 0 Å². The van der Waals surface area contributed by atoms with Gasteiger partial charge in [0.25, 0.3) is 0 Å². The summed E-state index contributed by atoms with van der Waals surface area (Å²) in [6.07, 6.45) is 2.76. The fourth-order valence-electron chi connectivity index (χ4n) is 3.91. The Bertz CT molecular complexity index is 636. The Morgan fingerprint density at radius 1 is 1.19 bits per heavy atom. The molecule has 3 nitrogen and oxygen atoms in total. The van der Waals surface area contributed by atoms with Crippen LogP contribution in [0.5, 0.6) is 0 Å². The van der Waals surface area contributed by atoms with Gasteiger partial charge in [-0.25, -0.2) is 0 Å². The van der Waals surface area contributed by atoms with Crippen molar-refractivity contribution in [3.63, 3.8) is 0 Å². The van der Waals surface area contributed by atoms with Crippen molar-refractivity contribution in [2.24, 2.45) is 5.73 Å². The zero-order valence-corrected chi connectivity index (χ0v) is 13.2. The van der Waals surface area contributed by atoms with Crippen LogP contribution in [0.1, 0.15) is 23.3 Å². The largest absolute Gasteiger partial charge is 0.326 e. The van der Waals surface area contributed by atoms with Gasteiger partial charge < -0.3 is 5.73 Å². The van der Waals surface area contributed by atoms with Crippen LogP contribution in [0.15, 0.2) is 24.3 Å². The lowest BCUT2D eigenvalue weighted by molar-refractivity contribution is 0.0996. The van der Waals surface area contributed by atoms with Gasteiger partial charge in [-0.2, -0.15) is 0 Å². The molecule has 2 aliphatic heterocycles. The topological polar surface area (TPSA) is 32.5 Å². The number of piperazine rings is 1. The molecule has 0 aliphatic carbocycles. The fourth-order valence-corrected chi connectivity index (χ4v) is 5.00. The minimum absolute atomic E-state index is 0.665. The van der Waals surface area contributed by atoms with Crippen LogP contribution in [0.3, 0.4) is 0 Å². The zero-order valence-electron chi connectivity index (χ0n) is 12.4.